The van der Waals surface area contributed by atoms with Gasteiger partial charge in [0.25, 0.3) is 0 Å². The molecule has 0 aliphatic rings. The van der Waals surface area contributed by atoms with Gasteiger partial charge in [0, 0.05) is 25.6 Å². The van der Waals surface area contributed by atoms with Crippen molar-refractivity contribution in [2.45, 2.75) is 19.8 Å². The summed E-state index contributed by atoms with van der Waals surface area (Å²) in [5.74, 6) is -0.397. The second kappa shape index (κ2) is 6.86. The number of phenolic OH excluding ortho intramolecular Hbond substituents is 2. The summed E-state index contributed by atoms with van der Waals surface area (Å²) in [7, 11) is 0. The molecule has 0 saturated heterocycles. The highest BCUT2D eigenvalue weighted by Gasteiger charge is 2.15. The largest absolute Gasteiger partial charge is 0.508 e. The number of phenols is 2. The highest BCUT2D eigenvalue weighted by molar-refractivity contribution is 5.76. The smallest absolute Gasteiger partial charge is 0.220 e. The molecule has 0 spiro atoms. The van der Waals surface area contributed by atoms with E-state index in [2.05, 4.69) is 5.32 Å². The molecule has 4 N–H and O–H groups in total. The third-order valence-electron chi connectivity index (χ3n) is 2.68. The Morgan fingerprint density at radius 2 is 2.11 bits per heavy atom. The SMILES string of the molecule is CCNC(=O)CC(CO)Cc1ccc(O)cc1O. The molecule has 18 heavy (non-hydrogen) atoms. The molecule has 1 atom stereocenters. The normalized spacial score (nSPS) is 12.1. The summed E-state index contributed by atoms with van der Waals surface area (Å²) in [4.78, 5) is 11.4. The van der Waals surface area contributed by atoms with Crippen molar-refractivity contribution in [3.8, 4) is 11.5 Å². The van der Waals surface area contributed by atoms with Gasteiger partial charge < -0.3 is 20.6 Å². The third-order valence-corrected chi connectivity index (χ3v) is 2.68. The van der Waals surface area contributed by atoms with Crippen LogP contribution in [-0.2, 0) is 11.2 Å². The number of carbonyl (C=O) groups is 1. The number of nitrogens with one attached hydrogen (secondary N) is 1. The molecule has 1 rings (SSSR count). The van der Waals surface area contributed by atoms with Gasteiger partial charge in [0.05, 0.1) is 0 Å². The van der Waals surface area contributed by atoms with Crippen LogP contribution in [0.25, 0.3) is 0 Å². The maximum absolute atomic E-state index is 11.4. The Labute approximate surface area is 106 Å². The van der Waals surface area contributed by atoms with E-state index in [9.17, 15) is 20.1 Å². The second-order valence-corrected chi connectivity index (χ2v) is 4.22. The highest BCUT2D eigenvalue weighted by atomic mass is 16.3. The van der Waals surface area contributed by atoms with Crippen molar-refractivity contribution in [1.82, 2.24) is 5.32 Å². The maximum Gasteiger partial charge on any atom is 0.220 e. The van der Waals surface area contributed by atoms with Crippen LogP contribution in [0.4, 0.5) is 0 Å². The maximum atomic E-state index is 11.4. The summed E-state index contributed by atoms with van der Waals surface area (Å²) in [6.07, 6.45) is 0.602. The molecule has 1 aromatic rings. The first-order chi connectivity index (χ1) is 8.56. The van der Waals surface area contributed by atoms with Gasteiger partial charge in [-0.1, -0.05) is 6.07 Å². The predicted molar refractivity (Wildman–Crippen MR) is 67.4 cm³/mol. The van der Waals surface area contributed by atoms with Crippen LogP contribution in [0, 0.1) is 5.92 Å². The van der Waals surface area contributed by atoms with Crippen molar-refractivity contribution in [2.24, 2.45) is 5.92 Å². The average molecular weight is 253 g/mol. The minimum Gasteiger partial charge on any atom is -0.508 e. The van der Waals surface area contributed by atoms with Crippen molar-refractivity contribution < 1.29 is 20.1 Å². The Bertz CT molecular complexity index is 406. The molecule has 0 aliphatic heterocycles. The molecule has 0 bridgehead atoms. The Balaban J connectivity index is 2.65. The molecule has 1 amide bonds. The van der Waals surface area contributed by atoms with E-state index in [0.29, 0.717) is 18.5 Å². The van der Waals surface area contributed by atoms with Gasteiger partial charge in [-0.15, -0.1) is 0 Å². The number of benzene rings is 1. The van der Waals surface area contributed by atoms with Crippen molar-refractivity contribution in [2.75, 3.05) is 13.2 Å². The van der Waals surface area contributed by atoms with E-state index in [0.717, 1.165) is 0 Å². The van der Waals surface area contributed by atoms with Gasteiger partial charge in [-0.25, -0.2) is 0 Å². The van der Waals surface area contributed by atoms with Crippen LogP contribution in [0.5, 0.6) is 11.5 Å². The lowest BCUT2D eigenvalue weighted by atomic mass is 9.96. The molecule has 0 heterocycles. The van der Waals surface area contributed by atoms with Crippen molar-refractivity contribution >= 4 is 5.91 Å². The lowest BCUT2D eigenvalue weighted by molar-refractivity contribution is -0.122. The van der Waals surface area contributed by atoms with Crippen LogP contribution >= 0.6 is 0 Å². The number of amides is 1. The first kappa shape index (κ1) is 14.3. The van der Waals surface area contributed by atoms with Crippen molar-refractivity contribution in [1.29, 1.82) is 0 Å². The molecule has 0 radical (unpaired) electrons. The van der Waals surface area contributed by atoms with Crippen LogP contribution in [0.3, 0.4) is 0 Å². The topological polar surface area (TPSA) is 89.8 Å². The van der Waals surface area contributed by atoms with Crippen LogP contribution in [0.1, 0.15) is 18.9 Å². The first-order valence-electron chi connectivity index (χ1n) is 5.95. The summed E-state index contributed by atoms with van der Waals surface area (Å²) in [5, 5.41) is 30.7. The lowest BCUT2D eigenvalue weighted by Gasteiger charge is -2.14. The number of aliphatic hydroxyl groups excluding tert-OH is 1. The minimum atomic E-state index is -0.244. The number of aromatic hydroxyl groups is 2. The first-order valence-corrected chi connectivity index (χ1v) is 5.95. The molecule has 0 aromatic heterocycles. The summed E-state index contributed by atoms with van der Waals surface area (Å²) in [5.41, 5.74) is 0.608. The van der Waals surface area contributed by atoms with E-state index in [-0.39, 0.29) is 36.4 Å². The van der Waals surface area contributed by atoms with Crippen molar-refractivity contribution in [3.05, 3.63) is 23.8 Å². The van der Waals surface area contributed by atoms with Gasteiger partial charge in [-0.2, -0.15) is 0 Å². The van der Waals surface area contributed by atoms with E-state index >= 15 is 0 Å². The lowest BCUT2D eigenvalue weighted by Crippen LogP contribution is -2.27. The number of hydrogen-bond acceptors (Lipinski definition) is 4. The zero-order valence-electron chi connectivity index (χ0n) is 10.4. The number of rotatable bonds is 6. The zero-order valence-corrected chi connectivity index (χ0v) is 10.4. The molecule has 5 nitrogen and oxygen atoms in total. The van der Waals surface area contributed by atoms with Gasteiger partial charge in [-0.05, 0) is 30.9 Å². The highest BCUT2D eigenvalue weighted by Crippen LogP contribution is 2.25. The van der Waals surface area contributed by atoms with E-state index in [1.165, 1.54) is 12.1 Å². The van der Waals surface area contributed by atoms with E-state index in [1.54, 1.807) is 6.07 Å². The third kappa shape index (κ3) is 4.25. The van der Waals surface area contributed by atoms with Crippen LogP contribution in [-0.4, -0.2) is 34.4 Å². The van der Waals surface area contributed by atoms with Gasteiger partial charge in [0.2, 0.25) is 5.91 Å². The summed E-state index contributed by atoms with van der Waals surface area (Å²) < 4.78 is 0. The van der Waals surface area contributed by atoms with Crippen LogP contribution in [0.2, 0.25) is 0 Å². The molecule has 1 unspecified atom stereocenters. The van der Waals surface area contributed by atoms with Gasteiger partial charge in [-0.3, -0.25) is 4.79 Å². The van der Waals surface area contributed by atoms with E-state index in [1.807, 2.05) is 6.92 Å². The monoisotopic (exact) mass is 253 g/mol. The van der Waals surface area contributed by atoms with Gasteiger partial charge in [0.1, 0.15) is 11.5 Å². The number of carbonyl (C=O) groups excluding carboxylic acids is 1. The quantitative estimate of drug-likeness (QED) is 0.603. The fourth-order valence-electron chi connectivity index (χ4n) is 1.77. The molecular weight excluding hydrogens is 234 g/mol. The van der Waals surface area contributed by atoms with Gasteiger partial charge in [0.15, 0.2) is 0 Å². The molecule has 0 fully saturated rings. The zero-order chi connectivity index (χ0) is 13.5. The average Bonchev–Trinajstić information content (AvgIpc) is 2.31. The fraction of sp³-hybridized carbons (Fsp3) is 0.462. The van der Waals surface area contributed by atoms with Crippen LogP contribution < -0.4 is 5.32 Å². The Kier molecular flexibility index (Phi) is 5.45. The molecule has 100 valence electrons. The fourth-order valence-corrected chi connectivity index (χ4v) is 1.77. The number of hydrogen-bond donors (Lipinski definition) is 4. The number of aliphatic hydroxyl groups is 1. The molecule has 5 heteroatoms. The Morgan fingerprint density at radius 1 is 1.39 bits per heavy atom. The molecule has 0 saturated carbocycles. The van der Waals surface area contributed by atoms with Crippen molar-refractivity contribution in [3.63, 3.8) is 0 Å². The molecule has 0 aliphatic carbocycles. The van der Waals surface area contributed by atoms with E-state index in [4.69, 9.17) is 0 Å². The Hall–Kier alpha value is -1.75. The van der Waals surface area contributed by atoms with E-state index < -0.39 is 0 Å². The Morgan fingerprint density at radius 3 is 2.67 bits per heavy atom. The van der Waals surface area contributed by atoms with Crippen LogP contribution in [0.15, 0.2) is 18.2 Å². The standard InChI is InChI=1S/C13H19NO4/c1-2-14-13(18)6-9(8-15)5-10-3-4-11(16)7-12(10)17/h3-4,7,9,15-17H,2,5-6,8H2,1H3,(H,14,18). The molecular formula is C13H19NO4. The summed E-state index contributed by atoms with van der Waals surface area (Å²) in [6.45, 7) is 2.26. The summed E-state index contributed by atoms with van der Waals surface area (Å²) in [6, 6.07) is 4.30. The molecule has 1 aromatic carbocycles. The minimum absolute atomic E-state index is 0.0134. The van der Waals surface area contributed by atoms with Gasteiger partial charge >= 0.3 is 0 Å². The summed E-state index contributed by atoms with van der Waals surface area (Å²) >= 11 is 0. The second-order valence-electron chi connectivity index (χ2n) is 4.22. The predicted octanol–water partition coefficient (Wildman–Crippen LogP) is 0.775.